The molecule has 20 heavy (non-hydrogen) atoms. The second kappa shape index (κ2) is 4.79. The van der Waals surface area contributed by atoms with Gasteiger partial charge < -0.3 is 10.0 Å². The lowest BCUT2D eigenvalue weighted by Gasteiger charge is -2.26. The van der Waals surface area contributed by atoms with Crippen molar-refractivity contribution in [3.05, 3.63) is 52.1 Å². The van der Waals surface area contributed by atoms with Crippen LogP contribution in [0.25, 0.3) is 0 Å². The minimum absolute atomic E-state index is 0.137. The third kappa shape index (κ3) is 2.22. The molecule has 2 atom stereocenters. The average Bonchev–Trinajstić information content (AvgIpc) is 2.92. The highest BCUT2D eigenvalue weighted by molar-refractivity contribution is 5.44. The highest BCUT2D eigenvalue weighted by Gasteiger charge is 2.33. The third-order valence-electron chi connectivity index (χ3n) is 3.69. The molecular formula is C14H16FN3O2. The van der Waals surface area contributed by atoms with Gasteiger partial charge >= 0.3 is 0 Å². The first kappa shape index (κ1) is 12.9. The van der Waals surface area contributed by atoms with Gasteiger partial charge in [-0.05, 0) is 24.1 Å². The van der Waals surface area contributed by atoms with Gasteiger partial charge in [0.25, 0.3) is 5.56 Å². The Kier molecular flexibility index (Phi) is 3.10. The molecule has 1 aliphatic heterocycles. The molecule has 1 fully saturated rings. The summed E-state index contributed by atoms with van der Waals surface area (Å²) in [5.41, 5.74) is 0.608. The van der Waals surface area contributed by atoms with Crippen LogP contribution in [-0.2, 0) is 7.05 Å². The molecule has 0 unspecified atom stereocenters. The molecule has 0 amide bonds. The molecule has 1 aromatic heterocycles. The number of H-pyrrole nitrogens is 1. The van der Waals surface area contributed by atoms with Gasteiger partial charge in [-0.25, -0.2) is 4.39 Å². The van der Waals surface area contributed by atoms with Crippen molar-refractivity contribution in [2.24, 2.45) is 7.05 Å². The Hall–Kier alpha value is -2.08. The molecule has 1 aliphatic rings. The molecule has 1 aromatic carbocycles. The van der Waals surface area contributed by atoms with Crippen molar-refractivity contribution in [2.75, 3.05) is 11.4 Å². The fourth-order valence-electron chi connectivity index (χ4n) is 2.84. The maximum atomic E-state index is 13.4. The largest absolute Gasteiger partial charge is 0.391 e. The fraction of sp³-hybridized carbons (Fsp3) is 0.357. The van der Waals surface area contributed by atoms with Crippen LogP contribution < -0.4 is 10.5 Å². The molecule has 0 aliphatic carbocycles. The molecule has 6 heteroatoms. The van der Waals surface area contributed by atoms with Crippen molar-refractivity contribution in [3.63, 3.8) is 0 Å². The lowest BCUT2D eigenvalue weighted by atomic mass is 10.0. The minimum atomic E-state index is -0.492. The second-order valence-electron chi connectivity index (χ2n) is 5.15. The van der Waals surface area contributed by atoms with E-state index in [9.17, 15) is 14.3 Å². The highest BCUT2D eigenvalue weighted by atomic mass is 19.1. The molecule has 2 heterocycles. The van der Waals surface area contributed by atoms with E-state index in [0.717, 1.165) is 5.56 Å². The normalized spacial score (nSPS) is 22.4. The maximum Gasteiger partial charge on any atom is 0.266 e. The summed E-state index contributed by atoms with van der Waals surface area (Å²) in [4.78, 5) is 13.3. The molecule has 3 rings (SSSR count). The van der Waals surface area contributed by atoms with Gasteiger partial charge in [0, 0.05) is 19.7 Å². The molecule has 1 saturated heterocycles. The first-order chi connectivity index (χ1) is 9.54. The monoisotopic (exact) mass is 277 g/mol. The first-order valence-corrected chi connectivity index (χ1v) is 6.51. The Morgan fingerprint density at radius 1 is 1.40 bits per heavy atom. The van der Waals surface area contributed by atoms with Crippen molar-refractivity contribution in [2.45, 2.75) is 18.6 Å². The van der Waals surface area contributed by atoms with Crippen LogP contribution in [0.5, 0.6) is 0 Å². The zero-order valence-electron chi connectivity index (χ0n) is 11.1. The number of aliphatic hydroxyl groups excluding tert-OH is 1. The van der Waals surface area contributed by atoms with Crippen LogP contribution >= 0.6 is 0 Å². The van der Waals surface area contributed by atoms with Gasteiger partial charge in [0.2, 0.25) is 0 Å². The van der Waals surface area contributed by atoms with E-state index in [2.05, 4.69) is 5.10 Å². The lowest BCUT2D eigenvalue weighted by Crippen LogP contribution is -2.26. The molecule has 5 nitrogen and oxygen atoms in total. The van der Waals surface area contributed by atoms with Crippen LogP contribution in [0.3, 0.4) is 0 Å². The Balaban J connectivity index is 2.01. The van der Waals surface area contributed by atoms with Gasteiger partial charge in [0.05, 0.1) is 12.1 Å². The summed E-state index contributed by atoms with van der Waals surface area (Å²) in [6, 6.07) is 7.71. The SMILES string of the molecule is Cn1[nH]c(=O)cc1N1C[C@@H](O)C[C@@H]1c1cccc(F)c1. The summed E-state index contributed by atoms with van der Waals surface area (Å²) in [7, 11) is 1.74. The van der Waals surface area contributed by atoms with E-state index in [1.807, 2.05) is 11.0 Å². The number of benzene rings is 1. The van der Waals surface area contributed by atoms with E-state index in [1.165, 1.54) is 18.2 Å². The van der Waals surface area contributed by atoms with Crippen LogP contribution in [0.4, 0.5) is 10.2 Å². The van der Waals surface area contributed by atoms with E-state index >= 15 is 0 Å². The Morgan fingerprint density at radius 2 is 2.20 bits per heavy atom. The number of rotatable bonds is 2. The Morgan fingerprint density at radius 3 is 2.85 bits per heavy atom. The van der Waals surface area contributed by atoms with Gasteiger partial charge in [-0.1, -0.05) is 12.1 Å². The number of halogens is 1. The van der Waals surface area contributed by atoms with E-state index in [4.69, 9.17) is 0 Å². The summed E-state index contributed by atoms with van der Waals surface area (Å²) >= 11 is 0. The van der Waals surface area contributed by atoms with Gasteiger partial charge in [0.15, 0.2) is 0 Å². The fourth-order valence-corrected chi connectivity index (χ4v) is 2.84. The van der Waals surface area contributed by atoms with Crippen LogP contribution in [0.1, 0.15) is 18.0 Å². The van der Waals surface area contributed by atoms with Crippen molar-refractivity contribution in [1.29, 1.82) is 0 Å². The van der Waals surface area contributed by atoms with Crippen LogP contribution in [0.2, 0.25) is 0 Å². The zero-order chi connectivity index (χ0) is 14.3. The molecule has 0 radical (unpaired) electrons. The number of anilines is 1. The van der Waals surface area contributed by atoms with Crippen LogP contribution in [-0.4, -0.2) is 27.5 Å². The molecule has 2 aromatic rings. The van der Waals surface area contributed by atoms with Crippen molar-refractivity contribution in [1.82, 2.24) is 9.78 Å². The summed E-state index contributed by atoms with van der Waals surface area (Å²) in [6.45, 7) is 0.423. The number of hydrogen-bond acceptors (Lipinski definition) is 3. The Bertz CT molecular complexity index is 679. The number of nitrogens with one attached hydrogen (secondary N) is 1. The predicted octanol–water partition coefficient (Wildman–Crippen LogP) is 1.16. The minimum Gasteiger partial charge on any atom is -0.391 e. The van der Waals surface area contributed by atoms with Crippen LogP contribution in [0.15, 0.2) is 35.1 Å². The molecule has 2 N–H and O–H groups in total. The molecule has 0 spiro atoms. The van der Waals surface area contributed by atoms with Gasteiger partial charge in [0.1, 0.15) is 11.6 Å². The predicted molar refractivity (Wildman–Crippen MR) is 73.1 cm³/mol. The highest BCUT2D eigenvalue weighted by Crippen LogP contribution is 2.35. The second-order valence-corrected chi connectivity index (χ2v) is 5.15. The zero-order valence-corrected chi connectivity index (χ0v) is 11.1. The topological polar surface area (TPSA) is 61.3 Å². The van der Waals surface area contributed by atoms with E-state index in [-0.39, 0.29) is 17.4 Å². The van der Waals surface area contributed by atoms with Gasteiger partial charge in [-0.15, -0.1) is 0 Å². The molecule has 0 bridgehead atoms. The smallest absolute Gasteiger partial charge is 0.266 e. The van der Waals surface area contributed by atoms with Crippen LogP contribution in [0, 0.1) is 5.82 Å². The van der Waals surface area contributed by atoms with E-state index in [1.54, 1.807) is 17.8 Å². The number of β-amino-alcohol motifs (C(OH)–C–C–N with tert-alkyl or cyclic N) is 1. The first-order valence-electron chi connectivity index (χ1n) is 6.51. The third-order valence-corrected chi connectivity index (χ3v) is 3.69. The lowest BCUT2D eigenvalue weighted by molar-refractivity contribution is 0.194. The number of aliphatic hydroxyl groups is 1. The molecule has 0 saturated carbocycles. The van der Waals surface area contributed by atoms with Crippen molar-refractivity contribution >= 4 is 5.82 Å². The summed E-state index contributed by atoms with van der Waals surface area (Å²) in [6.07, 6.45) is 0.0243. The summed E-state index contributed by atoms with van der Waals surface area (Å²) in [5.74, 6) is 0.396. The average molecular weight is 277 g/mol. The Labute approximate surface area is 115 Å². The number of nitrogens with zero attached hydrogens (tertiary/aromatic N) is 2. The van der Waals surface area contributed by atoms with Gasteiger partial charge in [-0.2, -0.15) is 0 Å². The maximum absolute atomic E-state index is 13.4. The van der Waals surface area contributed by atoms with Crippen molar-refractivity contribution in [3.8, 4) is 0 Å². The summed E-state index contributed by atoms with van der Waals surface area (Å²) in [5, 5.41) is 12.6. The van der Waals surface area contributed by atoms with Crippen molar-refractivity contribution < 1.29 is 9.50 Å². The summed E-state index contributed by atoms with van der Waals surface area (Å²) < 4.78 is 15.0. The number of aromatic amines is 1. The molecule has 106 valence electrons. The van der Waals surface area contributed by atoms with E-state index in [0.29, 0.717) is 18.8 Å². The number of hydrogen-bond donors (Lipinski definition) is 2. The quantitative estimate of drug-likeness (QED) is 0.866. The van der Waals surface area contributed by atoms with E-state index < -0.39 is 6.10 Å². The molecular weight excluding hydrogens is 261 g/mol. The standard InChI is InChI=1S/C14H16FN3O2/c1-17-14(7-13(20)16-17)18-8-11(19)6-12(18)9-3-2-4-10(15)5-9/h2-5,7,11-12,19H,6,8H2,1H3,(H,16,20)/t11-,12+/m0/s1. The number of aromatic nitrogens is 2. The number of aryl methyl sites for hydroxylation is 1. The van der Waals surface area contributed by atoms with Gasteiger partial charge in [-0.3, -0.25) is 14.6 Å².